The van der Waals surface area contributed by atoms with E-state index in [1.165, 1.54) is 19.2 Å². The van der Waals surface area contributed by atoms with Gasteiger partial charge in [-0.2, -0.15) is 0 Å². The van der Waals surface area contributed by atoms with Crippen LogP contribution >= 0.6 is 11.6 Å². The highest BCUT2D eigenvalue weighted by Gasteiger charge is 2.09. The molecule has 122 valence electrons. The molecule has 23 heavy (non-hydrogen) atoms. The van der Waals surface area contributed by atoms with Gasteiger partial charge in [-0.1, -0.05) is 17.7 Å². The minimum atomic E-state index is -0.986. The third-order valence-corrected chi connectivity index (χ3v) is 3.52. The number of nitrogens with one attached hydrogen (secondary N) is 1. The van der Waals surface area contributed by atoms with Gasteiger partial charge in [-0.3, -0.25) is 0 Å². The molecule has 0 bridgehead atoms. The maximum Gasteiger partial charge on any atom is 0.335 e. The summed E-state index contributed by atoms with van der Waals surface area (Å²) in [5, 5.41) is 12.8. The van der Waals surface area contributed by atoms with E-state index in [2.05, 4.69) is 5.32 Å². The number of rotatable bonds is 7. The Hall–Kier alpha value is -2.40. The summed E-state index contributed by atoms with van der Waals surface area (Å²) in [5.41, 5.74) is 1.75. The standard InChI is InChI=1S/C17H18ClNO4/c1-3-23-15-6-4-11(8-13(15)18)10-19-14-9-12(17(20)21)5-7-16(14)22-2/h4-9,19H,3,10H2,1-2H3,(H,20,21). The first-order valence-corrected chi connectivity index (χ1v) is 7.49. The number of carboxylic acid groups (broad SMARTS) is 1. The van der Waals surface area contributed by atoms with Crippen molar-refractivity contribution in [2.24, 2.45) is 0 Å². The van der Waals surface area contributed by atoms with Gasteiger partial charge in [-0.15, -0.1) is 0 Å². The summed E-state index contributed by atoms with van der Waals surface area (Å²) in [5.74, 6) is 0.232. The molecule has 2 aromatic rings. The molecule has 0 aliphatic heterocycles. The maximum atomic E-state index is 11.1. The summed E-state index contributed by atoms with van der Waals surface area (Å²) in [6, 6.07) is 10.2. The van der Waals surface area contributed by atoms with Gasteiger partial charge in [0.05, 0.1) is 30.0 Å². The lowest BCUT2D eigenvalue weighted by Crippen LogP contribution is -2.04. The van der Waals surface area contributed by atoms with Crippen LogP contribution in [0.1, 0.15) is 22.8 Å². The summed E-state index contributed by atoms with van der Waals surface area (Å²) < 4.78 is 10.6. The van der Waals surface area contributed by atoms with Gasteiger partial charge in [-0.05, 0) is 42.8 Å². The van der Waals surface area contributed by atoms with E-state index in [4.69, 9.17) is 26.2 Å². The normalized spacial score (nSPS) is 10.2. The van der Waals surface area contributed by atoms with Crippen molar-refractivity contribution in [2.75, 3.05) is 19.0 Å². The molecule has 6 heteroatoms. The van der Waals surface area contributed by atoms with Crippen molar-refractivity contribution < 1.29 is 19.4 Å². The Morgan fingerprint density at radius 1 is 1.22 bits per heavy atom. The van der Waals surface area contributed by atoms with E-state index >= 15 is 0 Å². The van der Waals surface area contributed by atoms with Crippen LogP contribution < -0.4 is 14.8 Å². The topological polar surface area (TPSA) is 67.8 Å². The number of carbonyl (C=O) groups is 1. The van der Waals surface area contributed by atoms with Gasteiger partial charge < -0.3 is 19.9 Å². The highest BCUT2D eigenvalue weighted by Crippen LogP contribution is 2.28. The highest BCUT2D eigenvalue weighted by molar-refractivity contribution is 6.32. The molecule has 2 rings (SSSR count). The first-order valence-electron chi connectivity index (χ1n) is 7.11. The number of ether oxygens (including phenoxy) is 2. The summed E-state index contributed by atoms with van der Waals surface area (Å²) >= 11 is 6.16. The zero-order valence-electron chi connectivity index (χ0n) is 12.9. The van der Waals surface area contributed by atoms with Crippen LogP contribution in [0, 0.1) is 0 Å². The van der Waals surface area contributed by atoms with E-state index < -0.39 is 5.97 Å². The SMILES string of the molecule is CCOc1ccc(CNc2cc(C(=O)O)ccc2OC)cc1Cl. The fourth-order valence-electron chi connectivity index (χ4n) is 2.10. The molecule has 2 aromatic carbocycles. The number of hydrogen-bond acceptors (Lipinski definition) is 4. The molecule has 0 spiro atoms. The molecule has 0 heterocycles. The number of hydrogen-bond donors (Lipinski definition) is 2. The van der Waals surface area contributed by atoms with E-state index in [0.29, 0.717) is 35.4 Å². The molecule has 0 amide bonds. The Morgan fingerprint density at radius 2 is 1.96 bits per heavy atom. The molecule has 0 atom stereocenters. The van der Waals surface area contributed by atoms with Crippen LogP contribution in [0.3, 0.4) is 0 Å². The van der Waals surface area contributed by atoms with Crippen molar-refractivity contribution in [3.05, 3.63) is 52.5 Å². The molecule has 0 saturated carbocycles. The van der Waals surface area contributed by atoms with Crippen LogP contribution in [0.5, 0.6) is 11.5 Å². The summed E-state index contributed by atoms with van der Waals surface area (Å²) in [6.45, 7) is 2.93. The van der Waals surface area contributed by atoms with Crippen LogP contribution in [0.25, 0.3) is 0 Å². The van der Waals surface area contributed by atoms with Gasteiger partial charge in [0.2, 0.25) is 0 Å². The lowest BCUT2D eigenvalue weighted by atomic mass is 10.1. The van der Waals surface area contributed by atoms with Gasteiger partial charge >= 0.3 is 5.97 Å². The maximum absolute atomic E-state index is 11.1. The minimum Gasteiger partial charge on any atom is -0.495 e. The third kappa shape index (κ3) is 4.29. The van der Waals surface area contributed by atoms with Crippen LogP contribution in [0.4, 0.5) is 5.69 Å². The molecular weight excluding hydrogens is 318 g/mol. The van der Waals surface area contributed by atoms with E-state index in [1.54, 1.807) is 6.07 Å². The van der Waals surface area contributed by atoms with E-state index in [0.717, 1.165) is 5.56 Å². The summed E-state index contributed by atoms with van der Waals surface area (Å²) in [4.78, 5) is 11.1. The molecule has 0 fully saturated rings. The molecule has 0 aromatic heterocycles. The lowest BCUT2D eigenvalue weighted by Gasteiger charge is -2.13. The Morgan fingerprint density at radius 3 is 2.57 bits per heavy atom. The van der Waals surface area contributed by atoms with Crippen molar-refractivity contribution in [3.63, 3.8) is 0 Å². The third-order valence-electron chi connectivity index (χ3n) is 3.23. The second kappa shape index (κ2) is 7.74. The van der Waals surface area contributed by atoms with Crippen molar-refractivity contribution in [1.82, 2.24) is 0 Å². The quantitative estimate of drug-likeness (QED) is 0.798. The molecule has 0 aliphatic rings. The van der Waals surface area contributed by atoms with Crippen molar-refractivity contribution in [1.29, 1.82) is 0 Å². The average Bonchev–Trinajstić information content (AvgIpc) is 2.55. The second-order valence-corrected chi connectivity index (χ2v) is 5.18. The zero-order valence-corrected chi connectivity index (χ0v) is 13.7. The van der Waals surface area contributed by atoms with Crippen molar-refractivity contribution in [2.45, 2.75) is 13.5 Å². The Labute approximate surface area is 139 Å². The van der Waals surface area contributed by atoms with E-state index in [9.17, 15) is 4.79 Å². The molecule has 0 aliphatic carbocycles. The van der Waals surface area contributed by atoms with Gasteiger partial charge in [-0.25, -0.2) is 4.79 Å². The fourth-order valence-corrected chi connectivity index (χ4v) is 2.36. The Balaban J connectivity index is 2.15. The predicted molar refractivity (Wildman–Crippen MR) is 89.9 cm³/mol. The highest BCUT2D eigenvalue weighted by atomic mass is 35.5. The number of aromatic carboxylic acids is 1. The second-order valence-electron chi connectivity index (χ2n) is 4.77. The largest absolute Gasteiger partial charge is 0.495 e. The van der Waals surface area contributed by atoms with Gasteiger partial charge in [0.1, 0.15) is 11.5 Å². The Bertz CT molecular complexity index is 703. The minimum absolute atomic E-state index is 0.193. The molecule has 0 unspecified atom stereocenters. The van der Waals surface area contributed by atoms with Crippen molar-refractivity contribution in [3.8, 4) is 11.5 Å². The summed E-state index contributed by atoms with van der Waals surface area (Å²) in [7, 11) is 1.54. The number of carboxylic acids is 1. The zero-order chi connectivity index (χ0) is 16.8. The predicted octanol–water partition coefficient (Wildman–Crippen LogP) is 4.06. The number of anilines is 1. The molecule has 2 N–H and O–H groups in total. The number of methoxy groups -OCH3 is 1. The number of halogens is 1. The fraction of sp³-hybridized carbons (Fsp3) is 0.235. The van der Waals surface area contributed by atoms with Crippen LogP contribution in [-0.4, -0.2) is 24.8 Å². The lowest BCUT2D eigenvalue weighted by molar-refractivity contribution is 0.0697. The Kier molecular flexibility index (Phi) is 5.71. The smallest absolute Gasteiger partial charge is 0.335 e. The first-order chi connectivity index (χ1) is 11.0. The van der Waals surface area contributed by atoms with Gasteiger partial charge in [0, 0.05) is 6.54 Å². The van der Waals surface area contributed by atoms with Gasteiger partial charge in [0.25, 0.3) is 0 Å². The summed E-state index contributed by atoms with van der Waals surface area (Å²) in [6.07, 6.45) is 0. The van der Waals surface area contributed by atoms with Crippen molar-refractivity contribution >= 4 is 23.3 Å². The van der Waals surface area contributed by atoms with Crippen LogP contribution in [0.2, 0.25) is 5.02 Å². The van der Waals surface area contributed by atoms with E-state index in [-0.39, 0.29) is 5.56 Å². The molecular formula is C17H18ClNO4. The number of benzene rings is 2. The first kappa shape index (κ1) is 17.0. The molecule has 0 saturated heterocycles. The monoisotopic (exact) mass is 335 g/mol. The van der Waals surface area contributed by atoms with Crippen LogP contribution in [-0.2, 0) is 6.54 Å². The molecule has 0 radical (unpaired) electrons. The van der Waals surface area contributed by atoms with Crippen LogP contribution in [0.15, 0.2) is 36.4 Å². The average molecular weight is 336 g/mol. The molecule has 5 nitrogen and oxygen atoms in total. The van der Waals surface area contributed by atoms with Gasteiger partial charge in [0.15, 0.2) is 0 Å². The van der Waals surface area contributed by atoms with E-state index in [1.807, 2.05) is 25.1 Å².